The van der Waals surface area contributed by atoms with Crippen molar-refractivity contribution in [1.82, 2.24) is 15.0 Å². The maximum Gasteiger partial charge on any atom is 0.158 e. The van der Waals surface area contributed by atoms with E-state index in [1.165, 1.54) is 11.8 Å². The number of aromatic nitrogens is 3. The first-order valence-electron chi connectivity index (χ1n) is 8.10. The van der Waals surface area contributed by atoms with E-state index in [-0.39, 0.29) is 11.4 Å². The van der Waals surface area contributed by atoms with Crippen molar-refractivity contribution in [3.8, 4) is 0 Å². The summed E-state index contributed by atoms with van der Waals surface area (Å²) in [5.74, 6) is 1.30. The van der Waals surface area contributed by atoms with Crippen molar-refractivity contribution in [2.75, 3.05) is 16.8 Å². The van der Waals surface area contributed by atoms with E-state index in [0.717, 1.165) is 30.6 Å². The van der Waals surface area contributed by atoms with Crippen LogP contribution in [0, 0.1) is 0 Å². The summed E-state index contributed by atoms with van der Waals surface area (Å²) in [4.78, 5) is 13.5. The fourth-order valence-electron chi connectivity index (χ4n) is 2.80. The molecule has 25 heavy (non-hydrogen) atoms. The lowest BCUT2D eigenvalue weighted by Crippen LogP contribution is -2.43. The molecule has 1 aliphatic carbocycles. The Bertz CT molecular complexity index is 758. The number of nitrogen functional groups attached to an aromatic ring is 2. The van der Waals surface area contributed by atoms with Crippen molar-refractivity contribution < 1.29 is 0 Å². The second-order valence-corrected chi connectivity index (χ2v) is 8.04. The third kappa shape index (κ3) is 4.45. The van der Waals surface area contributed by atoms with Gasteiger partial charge in [0, 0.05) is 22.7 Å². The van der Waals surface area contributed by atoms with Crippen molar-refractivity contribution in [1.29, 1.82) is 0 Å². The van der Waals surface area contributed by atoms with Crippen LogP contribution < -0.4 is 22.5 Å². The van der Waals surface area contributed by atoms with Crippen LogP contribution in [0.15, 0.2) is 28.4 Å². The van der Waals surface area contributed by atoms with Gasteiger partial charge in [0.1, 0.15) is 16.7 Å². The van der Waals surface area contributed by atoms with Crippen LogP contribution in [0.1, 0.15) is 32.6 Å². The van der Waals surface area contributed by atoms with Crippen LogP contribution in [-0.4, -0.2) is 26.5 Å². The van der Waals surface area contributed by atoms with Crippen LogP contribution in [0.3, 0.4) is 0 Å². The van der Waals surface area contributed by atoms with Gasteiger partial charge in [0.2, 0.25) is 0 Å². The molecule has 0 radical (unpaired) electrons. The predicted molar refractivity (Wildman–Crippen MR) is 103 cm³/mol. The quantitative estimate of drug-likeness (QED) is 0.638. The molecule has 2 heterocycles. The van der Waals surface area contributed by atoms with Crippen LogP contribution in [-0.2, 0) is 0 Å². The Morgan fingerprint density at radius 1 is 1.24 bits per heavy atom. The largest absolute Gasteiger partial charge is 0.382 e. The van der Waals surface area contributed by atoms with Gasteiger partial charge < -0.3 is 22.5 Å². The summed E-state index contributed by atoms with van der Waals surface area (Å²) in [6.45, 7) is 2.10. The first-order valence-corrected chi connectivity index (χ1v) is 9.29. The van der Waals surface area contributed by atoms with Crippen LogP contribution >= 0.6 is 23.4 Å². The minimum atomic E-state index is -0.0605. The average Bonchev–Trinajstić information content (AvgIpc) is 2.56. The van der Waals surface area contributed by atoms with Crippen molar-refractivity contribution in [3.05, 3.63) is 23.5 Å². The fourth-order valence-corrected chi connectivity index (χ4v) is 3.81. The van der Waals surface area contributed by atoms with Gasteiger partial charge >= 0.3 is 0 Å². The minimum absolute atomic E-state index is 0.0605. The van der Waals surface area contributed by atoms with E-state index in [9.17, 15) is 0 Å². The molecule has 2 aromatic rings. The molecule has 1 saturated carbocycles. The topological polar surface area (TPSA) is 129 Å². The average molecular weight is 380 g/mol. The fraction of sp³-hybridized carbons (Fsp3) is 0.438. The van der Waals surface area contributed by atoms with Gasteiger partial charge in [0.15, 0.2) is 5.82 Å². The minimum Gasteiger partial charge on any atom is -0.382 e. The van der Waals surface area contributed by atoms with Crippen LogP contribution in [0.4, 0.5) is 17.5 Å². The van der Waals surface area contributed by atoms with E-state index in [2.05, 4.69) is 27.2 Å². The van der Waals surface area contributed by atoms with Crippen molar-refractivity contribution in [2.45, 2.75) is 54.1 Å². The first kappa shape index (κ1) is 18.0. The second-order valence-electron chi connectivity index (χ2n) is 6.63. The van der Waals surface area contributed by atoms with Gasteiger partial charge in [-0.05, 0) is 38.7 Å². The lowest BCUT2D eigenvalue weighted by atomic mass is 9.82. The molecule has 9 heteroatoms. The van der Waals surface area contributed by atoms with Crippen LogP contribution in [0.25, 0.3) is 0 Å². The zero-order valence-corrected chi connectivity index (χ0v) is 15.6. The molecular formula is C16H22ClN7S. The lowest BCUT2D eigenvalue weighted by Gasteiger charge is -2.34. The van der Waals surface area contributed by atoms with Gasteiger partial charge in [-0.25, -0.2) is 15.0 Å². The molecule has 1 fully saturated rings. The van der Waals surface area contributed by atoms with Gasteiger partial charge in [0.05, 0.1) is 11.2 Å². The summed E-state index contributed by atoms with van der Waals surface area (Å²) < 4.78 is 0. The summed E-state index contributed by atoms with van der Waals surface area (Å²) in [5, 5.41) is 4.37. The van der Waals surface area contributed by atoms with E-state index < -0.39 is 0 Å². The Labute approximate surface area is 156 Å². The van der Waals surface area contributed by atoms with E-state index >= 15 is 0 Å². The summed E-state index contributed by atoms with van der Waals surface area (Å²) in [5.41, 5.74) is 17.9. The molecule has 0 unspecified atom stereocenters. The highest BCUT2D eigenvalue weighted by Crippen LogP contribution is 2.36. The molecule has 0 aliphatic heterocycles. The highest BCUT2D eigenvalue weighted by molar-refractivity contribution is 7.99. The molecule has 0 bridgehead atoms. The smallest absolute Gasteiger partial charge is 0.158 e. The molecule has 0 amide bonds. The third-order valence-corrected chi connectivity index (χ3v) is 5.91. The van der Waals surface area contributed by atoms with Gasteiger partial charge in [-0.15, -0.1) is 0 Å². The molecule has 7 nitrogen and oxygen atoms in total. The Balaban J connectivity index is 1.68. The van der Waals surface area contributed by atoms with E-state index in [1.807, 2.05) is 0 Å². The molecule has 0 atom stereocenters. The van der Waals surface area contributed by atoms with Gasteiger partial charge in [-0.3, -0.25) is 0 Å². The monoisotopic (exact) mass is 379 g/mol. The number of nitrogens with one attached hydrogen (secondary N) is 1. The normalized spacial score (nSPS) is 23.4. The zero-order valence-electron chi connectivity index (χ0n) is 14.0. The summed E-state index contributed by atoms with van der Waals surface area (Å²) in [6.07, 6.45) is 7.28. The van der Waals surface area contributed by atoms with Crippen molar-refractivity contribution >= 4 is 40.8 Å². The highest BCUT2D eigenvalue weighted by Gasteiger charge is 2.27. The lowest BCUT2D eigenvalue weighted by molar-refractivity contribution is 0.305. The Morgan fingerprint density at radius 3 is 2.64 bits per heavy atom. The Kier molecular flexibility index (Phi) is 5.21. The number of hydrogen-bond acceptors (Lipinski definition) is 8. The molecule has 134 valence electrons. The number of hydrogen-bond donors (Lipinski definition) is 4. The summed E-state index contributed by atoms with van der Waals surface area (Å²) >= 11 is 7.47. The molecule has 3 rings (SSSR count). The second kappa shape index (κ2) is 7.23. The number of rotatable bonds is 4. The highest BCUT2D eigenvalue weighted by atomic mass is 35.5. The van der Waals surface area contributed by atoms with Gasteiger partial charge in [0.25, 0.3) is 0 Å². The van der Waals surface area contributed by atoms with Crippen LogP contribution in [0.2, 0.25) is 5.02 Å². The predicted octanol–water partition coefficient (Wildman–Crippen LogP) is 2.91. The standard InChI is InChI=1S/C16H22ClN7S/c1-16(20)5-2-9(3-6-16)23-11-8-22-15(14(19)24-11)25-10-4-7-21-13(18)12(10)17/h4,7-9H,2-3,5-6,20H2,1H3,(H2,18,21)(H3,19,23,24). The number of nitrogens with two attached hydrogens (primary N) is 3. The third-order valence-electron chi connectivity index (χ3n) is 4.33. The Morgan fingerprint density at radius 2 is 1.96 bits per heavy atom. The maximum atomic E-state index is 6.17. The number of nitrogens with zero attached hydrogens (tertiary/aromatic N) is 3. The zero-order chi connectivity index (χ0) is 18.0. The van der Waals surface area contributed by atoms with E-state index in [1.54, 1.807) is 18.5 Å². The van der Waals surface area contributed by atoms with Crippen molar-refractivity contribution in [2.24, 2.45) is 5.73 Å². The molecule has 7 N–H and O–H groups in total. The number of halogens is 1. The molecule has 2 aromatic heterocycles. The maximum absolute atomic E-state index is 6.17. The summed E-state index contributed by atoms with van der Waals surface area (Å²) in [6, 6.07) is 2.11. The summed E-state index contributed by atoms with van der Waals surface area (Å²) in [7, 11) is 0. The molecule has 0 spiro atoms. The molecule has 1 aliphatic rings. The first-order chi connectivity index (χ1) is 11.8. The van der Waals surface area contributed by atoms with Gasteiger partial charge in [-0.2, -0.15) is 0 Å². The SMILES string of the molecule is CC1(N)CCC(Nc2cnc(Sc3ccnc(N)c3Cl)c(N)n2)CC1. The number of pyridine rings is 1. The van der Waals surface area contributed by atoms with Crippen LogP contribution in [0.5, 0.6) is 0 Å². The molecule has 0 aromatic carbocycles. The van der Waals surface area contributed by atoms with Gasteiger partial charge in [-0.1, -0.05) is 23.4 Å². The van der Waals surface area contributed by atoms with Crippen molar-refractivity contribution in [3.63, 3.8) is 0 Å². The van der Waals surface area contributed by atoms with E-state index in [4.69, 9.17) is 28.8 Å². The number of anilines is 3. The van der Waals surface area contributed by atoms with E-state index in [0.29, 0.717) is 27.7 Å². The molecular weight excluding hydrogens is 358 g/mol. The molecule has 0 saturated heterocycles. The Hall–Kier alpha value is -1.77.